The van der Waals surface area contributed by atoms with E-state index in [4.69, 9.17) is 11.6 Å². The minimum absolute atomic E-state index is 0.0222. The maximum atomic E-state index is 12.7. The molecule has 0 radical (unpaired) electrons. The van der Waals surface area contributed by atoms with Crippen molar-refractivity contribution >= 4 is 39.8 Å². The molecule has 0 spiro atoms. The number of pyridine rings is 1. The van der Waals surface area contributed by atoms with Gasteiger partial charge in [0.15, 0.2) is 0 Å². The molecule has 0 atom stereocenters. The number of aromatic nitrogens is 1. The molecule has 7 nitrogen and oxygen atoms in total. The average molecular weight is 397 g/mol. The summed E-state index contributed by atoms with van der Waals surface area (Å²) in [6.45, 7) is 2.54. The Morgan fingerprint density at radius 3 is 2.43 bits per heavy atom. The largest absolute Gasteiger partial charge is 0.367 e. The zero-order valence-corrected chi connectivity index (χ0v) is 15.7. The van der Waals surface area contributed by atoms with E-state index in [2.05, 4.69) is 9.88 Å². The van der Waals surface area contributed by atoms with Crippen molar-refractivity contribution in [2.24, 2.45) is 0 Å². The van der Waals surface area contributed by atoms with E-state index in [-0.39, 0.29) is 11.6 Å². The molecule has 28 heavy (non-hydrogen) atoms. The highest BCUT2D eigenvalue weighted by Crippen LogP contribution is 2.28. The van der Waals surface area contributed by atoms with Crippen molar-refractivity contribution in [1.82, 2.24) is 9.88 Å². The van der Waals surface area contributed by atoms with Crippen molar-refractivity contribution in [3.63, 3.8) is 0 Å². The number of carbonyl (C=O) groups excluding carboxylic acids is 1. The Hall–Kier alpha value is -3.19. The molecule has 0 N–H and O–H groups in total. The van der Waals surface area contributed by atoms with Crippen LogP contribution in [0.1, 0.15) is 10.4 Å². The van der Waals surface area contributed by atoms with Crippen molar-refractivity contribution in [1.29, 1.82) is 0 Å². The number of halogens is 1. The van der Waals surface area contributed by atoms with Crippen molar-refractivity contribution in [3.8, 4) is 0 Å². The maximum Gasteiger partial charge on any atom is 0.269 e. The second kappa shape index (κ2) is 7.44. The van der Waals surface area contributed by atoms with Gasteiger partial charge >= 0.3 is 0 Å². The molecular formula is C20H17ClN4O3. The van der Waals surface area contributed by atoms with Crippen molar-refractivity contribution in [2.45, 2.75) is 0 Å². The van der Waals surface area contributed by atoms with E-state index in [1.807, 2.05) is 24.3 Å². The Balaban J connectivity index is 1.47. The molecule has 0 bridgehead atoms. The van der Waals surface area contributed by atoms with Gasteiger partial charge in [-0.1, -0.05) is 11.6 Å². The third-order valence-corrected chi connectivity index (χ3v) is 5.15. The molecule has 142 valence electrons. The van der Waals surface area contributed by atoms with Crippen LogP contribution >= 0.6 is 11.6 Å². The Labute approximate surface area is 166 Å². The molecule has 1 aromatic heterocycles. The number of hydrogen-bond donors (Lipinski definition) is 0. The van der Waals surface area contributed by atoms with E-state index >= 15 is 0 Å². The summed E-state index contributed by atoms with van der Waals surface area (Å²) in [6, 6.07) is 13.4. The predicted octanol–water partition coefficient (Wildman–Crippen LogP) is 3.76. The van der Waals surface area contributed by atoms with Gasteiger partial charge in [0.2, 0.25) is 0 Å². The van der Waals surface area contributed by atoms with Gasteiger partial charge in [-0.3, -0.25) is 19.9 Å². The summed E-state index contributed by atoms with van der Waals surface area (Å²) in [6.07, 6.45) is 1.77. The molecule has 1 saturated heterocycles. The third-order valence-electron chi connectivity index (χ3n) is 4.91. The van der Waals surface area contributed by atoms with Crippen LogP contribution in [-0.2, 0) is 0 Å². The second-order valence-electron chi connectivity index (χ2n) is 6.57. The van der Waals surface area contributed by atoms with E-state index in [0.717, 1.165) is 16.6 Å². The second-order valence-corrected chi connectivity index (χ2v) is 7.01. The van der Waals surface area contributed by atoms with Crippen LogP contribution in [0.25, 0.3) is 10.9 Å². The molecule has 0 saturated carbocycles. The van der Waals surface area contributed by atoms with Gasteiger partial charge in [-0.2, -0.15) is 0 Å². The number of nitro groups is 1. The molecular weight excluding hydrogens is 380 g/mol. The van der Waals surface area contributed by atoms with Gasteiger partial charge in [0.1, 0.15) is 0 Å². The Morgan fingerprint density at radius 1 is 1.04 bits per heavy atom. The number of fused-ring (bicyclic) bond motifs is 1. The van der Waals surface area contributed by atoms with Gasteiger partial charge in [-0.25, -0.2) is 0 Å². The number of amides is 1. The minimum atomic E-state index is -0.473. The standard InChI is InChI=1S/C20H17ClN4O3/c21-15-3-6-17-18(13-15)22-8-7-19(17)23-9-11-24(12-10-23)20(26)14-1-4-16(5-2-14)25(27)28/h1-8,13H,9-12H2. The summed E-state index contributed by atoms with van der Waals surface area (Å²) in [5.41, 5.74) is 2.35. The number of carbonyl (C=O) groups is 1. The Morgan fingerprint density at radius 2 is 1.75 bits per heavy atom. The van der Waals surface area contributed by atoms with Crippen LogP contribution in [0.5, 0.6) is 0 Å². The highest BCUT2D eigenvalue weighted by atomic mass is 35.5. The van der Waals surface area contributed by atoms with Gasteiger partial charge in [-0.15, -0.1) is 0 Å². The molecule has 1 fully saturated rings. The quantitative estimate of drug-likeness (QED) is 0.497. The molecule has 1 aliphatic rings. The van der Waals surface area contributed by atoms with E-state index in [1.54, 1.807) is 11.1 Å². The number of piperazine rings is 1. The Bertz CT molecular complexity index is 1050. The molecule has 0 aliphatic carbocycles. The SMILES string of the molecule is O=C(c1ccc([N+](=O)[O-])cc1)N1CCN(c2ccnc3cc(Cl)ccc23)CC1. The zero-order valence-electron chi connectivity index (χ0n) is 14.9. The molecule has 0 unspecified atom stereocenters. The van der Waals surface area contributed by atoms with Gasteiger partial charge in [-0.05, 0) is 36.4 Å². The number of nitro benzene ring substituents is 1. The van der Waals surface area contributed by atoms with E-state index in [0.29, 0.717) is 36.8 Å². The first-order valence-corrected chi connectivity index (χ1v) is 9.24. The highest BCUT2D eigenvalue weighted by Gasteiger charge is 2.23. The summed E-state index contributed by atoms with van der Waals surface area (Å²) in [4.78, 5) is 31.4. The fourth-order valence-corrected chi connectivity index (χ4v) is 3.61. The summed E-state index contributed by atoms with van der Waals surface area (Å²) in [5.74, 6) is -0.110. The van der Waals surface area contributed by atoms with Crippen molar-refractivity contribution < 1.29 is 9.72 Å². The fraction of sp³-hybridized carbons (Fsp3) is 0.200. The lowest BCUT2D eigenvalue weighted by molar-refractivity contribution is -0.384. The summed E-state index contributed by atoms with van der Waals surface area (Å²) >= 11 is 6.06. The smallest absolute Gasteiger partial charge is 0.269 e. The molecule has 1 aliphatic heterocycles. The summed E-state index contributed by atoms with van der Waals surface area (Å²) in [5, 5.41) is 12.4. The first-order valence-electron chi connectivity index (χ1n) is 8.86. The van der Waals surface area contributed by atoms with Crippen LogP contribution in [0.4, 0.5) is 11.4 Å². The first kappa shape index (κ1) is 18.2. The van der Waals surface area contributed by atoms with Crippen LogP contribution in [-0.4, -0.2) is 46.9 Å². The lowest BCUT2D eigenvalue weighted by Gasteiger charge is -2.36. The summed E-state index contributed by atoms with van der Waals surface area (Å²) < 4.78 is 0. The monoisotopic (exact) mass is 396 g/mol. The van der Waals surface area contributed by atoms with Gasteiger partial charge in [0.05, 0.1) is 10.4 Å². The minimum Gasteiger partial charge on any atom is -0.367 e. The van der Waals surface area contributed by atoms with Gasteiger partial charge < -0.3 is 9.80 Å². The number of hydrogen-bond acceptors (Lipinski definition) is 5. The highest BCUT2D eigenvalue weighted by molar-refractivity contribution is 6.31. The van der Waals surface area contributed by atoms with Crippen LogP contribution < -0.4 is 4.90 Å². The van der Waals surface area contributed by atoms with Crippen LogP contribution in [0, 0.1) is 10.1 Å². The van der Waals surface area contributed by atoms with Gasteiger partial charge in [0, 0.05) is 66.2 Å². The maximum absolute atomic E-state index is 12.7. The number of nitrogens with zero attached hydrogens (tertiary/aromatic N) is 4. The predicted molar refractivity (Wildman–Crippen MR) is 108 cm³/mol. The zero-order chi connectivity index (χ0) is 19.7. The number of rotatable bonds is 3. The molecule has 2 aromatic carbocycles. The third kappa shape index (κ3) is 3.48. The molecule has 3 aromatic rings. The van der Waals surface area contributed by atoms with Crippen LogP contribution in [0.3, 0.4) is 0 Å². The van der Waals surface area contributed by atoms with Gasteiger partial charge in [0.25, 0.3) is 11.6 Å². The Kier molecular flexibility index (Phi) is 4.83. The molecule has 1 amide bonds. The molecule has 8 heteroatoms. The number of non-ortho nitro benzene ring substituents is 1. The lowest BCUT2D eigenvalue weighted by Crippen LogP contribution is -2.48. The van der Waals surface area contributed by atoms with Crippen molar-refractivity contribution in [2.75, 3.05) is 31.1 Å². The summed E-state index contributed by atoms with van der Waals surface area (Å²) in [7, 11) is 0. The normalized spacial score (nSPS) is 14.3. The number of benzene rings is 2. The van der Waals surface area contributed by atoms with E-state index < -0.39 is 4.92 Å². The lowest BCUT2D eigenvalue weighted by atomic mass is 10.1. The molecule has 4 rings (SSSR count). The first-order chi connectivity index (χ1) is 13.5. The van der Waals surface area contributed by atoms with Crippen molar-refractivity contribution in [3.05, 3.63) is 75.4 Å². The molecule has 2 heterocycles. The van der Waals surface area contributed by atoms with E-state index in [1.165, 1.54) is 24.3 Å². The van der Waals surface area contributed by atoms with Crippen LogP contribution in [0.2, 0.25) is 5.02 Å². The topological polar surface area (TPSA) is 79.6 Å². The van der Waals surface area contributed by atoms with E-state index in [9.17, 15) is 14.9 Å². The number of anilines is 1. The fourth-order valence-electron chi connectivity index (χ4n) is 3.44. The average Bonchev–Trinajstić information content (AvgIpc) is 2.73. The van der Waals surface area contributed by atoms with Crippen LogP contribution in [0.15, 0.2) is 54.7 Å².